The molecule has 0 saturated carbocycles. The van der Waals surface area contributed by atoms with Gasteiger partial charge in [0, 0.05) is 31.1 Å². The Hall–Kier alpha value is -1.68. The molecule has 1 fully saturated rings. The molecule has 0 aliphatic carbocycles. The number of thioether (sulfide) groups is 1. The Labute approximate surface area is 171 Å². The largest absolute Gasteiger partial charge is 0.336 e. The van der Waals surface area contributed by atoms with Gasteiger partial charge in [0.15, 0.2) is 4.90 Å². The molecule has 0 radical (unpaired) electrons. The molecule has 1 aliphatic rings. The van der Waals surface area contributed by atoms with Crippen LogP contribution in [0.25, 0.3) is 0 Å². The van der Waals surface area contributed by atoms with Gasteiger partial charge in [-0.1, -0.05) is 17.7 Å². The van der Waals surface area contributed by atoms with Crippen molar-refractivity contribution in [3.05, 3.63) is 58.6 Å². The van der Waals surface area contributed by atoms with Crippen molar-refractivity contribution in [3.8, 4) is 0 Å². The van der Waals surface area contributed by atoms with Crippen molar-refractivity contribution in [1.29, 1.82) is 0 Å². The molecule has 0 N–H and O–H groups in total. The fraction of sp³-hybridized carbons (Fsp3) is 0.278. The number of amides is 1. The van der Waals surface area contributed by atoms with Gasteiger partial charge in [0.1, 0.15) is 11.6 Å². The number of nitrogens with zero attached hydrogens (tertiary/aromatic N) is 2. The van der Waals surface area contributed by atoms with Crippen LogP contribution in [0.1, 0.15) is 10.4 Å². The number of hydrogen-bond donors (Lipinski definition) is 0. The average molecular weight is 447 g/mol. The monoisotopic (exact) mass is 446 g/mol. The number of benzene rings is 2. The summed E-state index contributed by atoms with van der Waals surface area (Å²) in [5, 5.41) is 0.311. The topological polar surface area (TPSA) is 57.7 Å². The summed E-state index contributed by atoms with van der Waals surface area (Å²) in [4.78, 5) is 14.2. The molecular weight excluding hydrogens is 430 g/mol. The fourth-order valence-corrected chi connectivity index (χ4v) is 5.12. The molecule has 0 atom stereocenters. The zero-order chi connectivity index (χ0) is 20.5. The fourth-order valence-electron chi connectivity index (χ4n) is 2.96. The predicted molar refractivity (Wildman–Crippen MR) is 104 cm³/mol. The van der Waals surface area contributed by atoms with Crippen LogP contribution in [0.5, 0.6) is 0 Å². The molecule has 0 spiro atoms. The Kier molecular flexibility index (Phi) is 6.28. The third-order valence-corrected chi connectivity index (χ3v) is 7.45. The zero-order valence-corrected chi connectivity index (χ0v) is 17.3. The molecule has 3 rings (SSSR count). The summed E-state index contributed by atoms with van der Waals surface area (Å²) in [6, 6.07) is 8.03. The van der Waals surface area contributed by atoms with Gasteiger partial charge in [-0.15, -0.1) is 11.8 Å². The molecule has 10 heteroatoms. The molecule has 28 heavy (non-hydrogen) atoms. The molecule has 1 aliphatic heterocycles. The third-order valence-electron chi connectivity index (χ3n) is 4.45. The lowest BCUT2D eigenvalue weighted by atomic mass is 10.2. The van der Waals surface area contributed by atoms with E-state index in [4.69, 9.17) is 11.6 Å². The van der Waals surface area contributed by atoms with Crippen LogP contribution in [0.15, 0.2) is 46.2 Å². The normalized spacial score (nSPS) is 15.6. The summed E-state index contributed by atoms with van der Waals surface area (Å²) >= 11 is 7.61. The molecule has 1 heterocycles. The number of sulfonamides is 1. The van der Waals surface area contributed by atoms with E-state index in [1.807, 2.05) is 6.26 Å². The number of hydrogen-bond acceptors (Lipinski definition) is 4. The molecule has 0 unspecified atom stereocenters. The van der Waals surface area contributed by atoms with Crippen LogP contribution >= 0.6 is 23.4 Å². The Morgan fingerprint density at radius 3 is 2.25 bits per heavy atom. The lowest BCUT2D eigenvalue weighted by molar-refractivity contribution is 0.0697. The van der Waals surface area contributed by atoms with Gasteiger partial charge in [0.25, 0.3) is 5.91 Å². The average Bonchev–Trinajstić information content (AvgIpc) is 2.67. The van der Waals surface area contributed by atoms with Crippen molar-refractivity contribution >= 4 is 39.3 Å². The van der Waals surface area contributed by atoms with Crippen LogP contribution in [-0.2, 0) is 10.0 Å². The number of halogens is 3. The van der Waals surface area contributed by atoms with Crippen LogP contribution in [0, 0.1) is 11.6 Å². The van der Waals surface area contributed by atoms with E-state index in [1.54, 1.807) is 18.2 Å². The van der Waals surface area contributed by atoms with Crippen molar-refractivity contribution < 1.29 is 22.0 Å². The van der Waals surface area contributed by atoms with E-state index < -0.39 is 26.6 Å². The summed E-state index contributed by atoms with van der Waals surface area (Å²) in [7, 11) is -4.34. The molecule has 2 aromatic carbocycles. The number of carbonyl (C=O) groups excluding carboxylic acids is 1. The van der Waals surface area contributed by atoms with Gasteiger partial charge < -0.3 is 4.90 Å². The molecule has 5 nitrogen and oxygen atoms in total. The maximum absolute atomic E-state index is 13.9. The molecule has 2 aromatic rings. The highest BCUT2D eigenvalue weighted by Gasteiger charge is 2.34. The molecule has 0 aromatic heterocycles. The Morgan fingerprint density at radius 2 is 1.68 bits per heavy atom. The summed E-state index contributed by atoms with van der Waals surface area (Å²) in [6.45, 7) is 0.0469. The highest BCUT2D eigenvalue weighted by molar-refractivity contribution is 7.98. The molecule has 1 amide bonds. The first-order chi connectivity index (χ1) is 13.3. The number of rotatable bonds is 4. The van der Waals surface area contributed by atoms with Crippen molar-refractivity contribution in [2.24, 2.45) is 0 Å². The van der Waals surface area contributed by atoms with Crippen molar-refractivity contribution in [2.45, 2.75) is 9.79 Å². The summed E-state index contributed by atoms with van der Waals surface area (Å²) in [5.74, 6) is -2.59. The van der Waals surface area contributed by atoms with E-state index in [2.05, 4.69) is 0 Å². The first kappa shape index (κ1) is 21.0. The number of piperazine rings is 1. The summed E-state index contributed by atoms with van der Waals surface area (Å²) < 4.78 is 54.1. The molecule has 150 valence electrons. The minimum Gasteiger partial charge on any atom is -0.336 e. The SMILES string of the molecule is CSc1ccc(Cl)c(C(=O)N2CCN(S(=O)(=O)c3c(F)cccc3F)CC2)c1. The number of carbonyl (C=O) groups is 1. The van der Waals surface area contributed by atoms with E-state index in [1.165, 1.54) is 16.7 Å². The second-order valence-electron chi connectivity index (χ2n) is 6.09. The van der Waals surface area contributed by atoms with Crippen LogP contribution in [0.4, 0.5) is 8.78 Å². The second kappa shape index (κ2) is 8.36. The lowest BCUT2D eigenvalue weighted by Crippen LogP contribution is -2.50. The summed E-state index contributed by atoms with van der Waals surface area (Å²) in [6.07, 6.45) is 1.88. The zero-order valence-electron chi connectivity index (χ0n) is 14.9. The first-order valence-electron chi connectivity index (χ1n) is 8.32. The van der Waals surface area contributed by atoms with Gasteiger partial charge in [0.05, 0.1) is 10.6 Å². The van der Waals surface area contributed by atoms with Crippen LogP contribution in [0.2, 0.25) is 5.02 Å². The van der Waals surface area contributed by atoms with Gasteiger partial charge in [-0.25, -0.2) is 17.2 Å². The van der Waals surface area contributed by atoms with Crippen LogP contribution in [0.3, 0.4) is 0 Å². The predicted octanol–water partition coefficient (Wildman–Crippen LogP) is 3.49. The molecular formula is C18H17ClF2N2O3S2. The van der Waals surface area contributed by atoms with Gasteiger partial charge in [-0.05, 0) is 36.6 Å². The third kappa shape index (κ3) is 4.03. The minimum atomic E-state index is -4.34. The van der Waals surface area contributed by atoms with Gasteiger partial charge >= 0.3 is 0 Å². The quantitative estimate of drug-likeness (QED) is 0.675. The van der Waals surface area contributed by atoms with Crippen molar-refractivity contribution in [1.82, 2.24) is 9.21 Å². The smallest absolute Gasteiger partial charge is 0.255 e. The van der Waals surface area contributed by atoms with Crippen LogP contribution < -0.4 is 0 Å². The van der Waals surface area contributed by atoms with E-state index in [0.29, 0.717) is 10.6 Å². The van der Waals surface area contributed by atoms with Crippen molar-refractivity contribution in [3.63, 3.8) is 0 Å². The minimum absolute atomic E-state index is 0.0678. The van der Waals surface area contributed by atoms with E-state index in [0.717, 1.165) is 27.4 Å². The molecule has 1 saturated heterocycles. The maximum atomic E-state index is 13.9. The lowest BCUT2D eigenvalue weighted by Gasteiger charge is -2.34. The van der Waals surface area contributed by atoms with Gasteiger partial charge in [-0.2, -0.15) is 4.31 Å². The van der Waals surface area contributed by atoms with E-state index in [-0.39, 0.29) is 32.1 Å². The van der Waals surface area contributed by atoms with Crippen LogP contribution in [-0.4, -0.2) is 56.0 Å². The Bertz CT molecular complexity index is 990. The highest BCUT2D eigenvalue weighted by Crippen LogP contribution is 2.26. The second-order valence-corrected chi connectivity index (χ2v) is 9.25. The Balaban J connectivity index is 1.77. The van der Waals surface area contributed by atoms with E-state index >= 15 is 0 Å². The standard InChI is InChI=1S/C18H17ClF2N2O3S2/c1-27-12-5-6-14(19)13(11-12)18(24)22-7-9-23(10-8-22)28(25,26)17-15(20)3-2-4-16(17)21/h2-6,11H,7-10H2,1H3. The first-order valence-corrected chi connectivity index (χ1v) is 11.4. The van der Waals surface area contributed by atoms with Gasteiger partial charge in [-0.3, -0.25) is 4.79 Å². The maximum Gasteiger partial charge on any atom is 0.255 e. The van der Waals surface area contributed by atoms with E-state index in [9.17, 15) is 22.0 Å². The summed E-state index contributed by atoms with van der Waals surface area (Å²) in [5.41, 5.74) is 0.338. The van der Waals surface area contributed by atoms with Gasteiger partial charge in [0.2, 0.25) is 10.0 Å². The van der Waals surface area contributed by atoms with Crippen molar-refractivity contribution in [2.75, 3.05) is 32.4 Å². The molecule has 0 bridgehead atoms. The highest BCUT2D eigenvalue weighted by atomic mass is 35.5. The Morgan fingerprint density at radius 1 is 1.07 bits per heavy atom.